The predicted octanol–water partition coefficient (Wildman–Crippen LogP) is -3.70. The Labute approximate surface area is 223 Å². The Balaban J connectivity index is 2.45. The average molecular weight is 552 g/mol. The van der Waals surface area contributed by atoms with Gasteiger partial charge >= 0.3 is 0 Å². The monoisotopic (exact) mass is 551 g/mol. The molecule has 0 radical (unpaired) electrons. The van der Waals surface area contributed by atoms with E-state index in [1.807, 2.05) is 0 Å². The minimum absolute atomic E-state index is 0.0437. The van der Waals surface area contributed by atoms with Crippen molar-refractivity contribution >= 4 is 41.4 Å². The summed E-state index contributed by atoms with van der Waals surface area (Å²) in [4.78, 5) is 82.9. The zero-order chi connectivity index (χ0) is 29.4. The molecule has 0 heterocycles. The molecule has 1 aromatic carbocycles. The number of rotatable bonds is 15. The van der Waals surface area contributed by atoms with Crippen LogP contribution in [-0.4, -0.2) is 89.9 Å². The van der Waals surface area contributed by atoms with Crippen molar-refractivity contribution < 1.29 is 43.9 Å². The van der Waals surface area contributed by atoms with Gasteiger partial charge in [-0.2, -0.15) is 0 Å². The van der Waals surface area contributed by atoms with Gasteiger partial charge in [-0.05, 0) is 24.6 Å². The molecule has 0 bridgehead atoms. The molecule has 0 aliphatic carbocycles. The molecular formula is C23H33N7O9. The van der Waals surface area contributed by atoms with Crippen molar-refractivity contribution in [2.75, 3.05) is 26.2 Å². The summed E-state index contributed by atoms with van der Waals surface area (Å²) < 4.78 is 0. The van der Waals surface area contributed by atoms with E-state index in [0.29, 0.717) is 5.56 Å². The van der Waals surface area contributed by atoms with Gasteiger partial charge in [-0.1, -0.05) is 19.1 Å². The lowest BCUT2D eigenvalue weighted by Crippen LogP contribution is -2.52. The van der Waals surface area contributed by atoms with E-state index in [0.717, 1.165) is 0 Å². The molecule has 0 spiro atoms. The quantitative estimate of drug-likeness (QED) is 0.0768. The van der Waals surface area contributed by atoms with Crippen molar-refractivity contribution in [3.63, 3.8) is 0 Å². The van der Waals surface area contributed by atoms with Crippen LogP contribution in [-0.2, 0) is 40.0 Å². The smallest absolute Gasteiger partial charge is 0.262 e. The molecule has 1 rings (SSSR count). The zero-order valence-electron chi connectivity index (χ0n) is 21.5. The molecule has 39 heavy (non-hydrogen) atoms. The molecule has 16 nitrogen and oxygen atoms in total. The summed E-state index contributed by atoms with van der Waals surface area (Å²) in [6, 6.07) is 4.00. The van der Waals surface area contributed by atoms with E-state index in [1.165, 1.54) is 24.5 Å². The number of benzene rings is 1. The van der Waals surface area contributed by atoms with E-state index >= 15 is 0 Å². The first-order valence-electron chi connectivity index (χ1n) is 11.8. The second-order valence-corrected chi connectivity index (χ2v) is 8.16. The Hall–Kier alpha value is -4.73. The summed E-state index contributed by atoms with van der Waals surface area (Å²) in [5.74, 6) is -4.65. The minimum atomic E-state index is -1.07. The highest BCUT2D eigenvalue weighted by Crippen LogP contribution is 2.11. The number of amides is 7. The topological polar surface area (TPSA) is 244 Å². The molecule has 0 aliphatic rings. The van der Waals surface area contributed by atoms with E-state index in [9.17, 15) is 38.7 Å². The third-order valence-electron chi connectivity index (χ3n) is 4.98. The van der Waals surface area contributed by atoms with Crippen molar-refractivity contribution in [2.45, 2.75) is 38.8 Å². The normalized spacial score (nSPS) is 11.7. The summed E-state index contributed by atoms with van der Waals surface area (Å²) in [6.07, 6.45) is 0.251. The average Bonchev–Trinajstić information content (AvgIpc) is 2.92. The molecule has 0 aliphatic heterocycles. The Morgan fingerprint density at radius 2 is 1.21 bits per heavy atom. The van der Waals surface area contributed by atoms with E-state index in [2.05, 4.69) is 31.9 Å². The maximum absolute atomic E-state index is 12.6. The van der Waals surface area contributed by atoms with Gasteiger partial charge in [0.2, 0.25) is 35.4 Å². The van der Waals surface area contributed by atoms with Crippen molar-refractivity contribution in [1.29, 1.82) is 0 Å². The molecule has 1 aromatic rings. The van der Waals surface area contributed by atoms with Crippen LogP contribution < -0.4 is 37.4 Å². The van der Waals surface area contributed by atoms with Gasteiger partial charge in [0, 0.05) is 12.8 Å². The van der Waals surface area contributed by atoms with Gasteiger partial charge in [0.05, 0.1) is 26.2 Å². The molecule has 2 atom stereocenters. The number of hydrogen-bond acceptors (Lipinski definition) is 9. The van der Waals surface area contributed by atoms with Crippen LogP contribution in [0.2, 0.25) is 0 Å². The first-order valence-corrected chi connectivity index (χ1v) is 11.8. The predicted molar refractivity (Wildman–Crippen MR) is 134 cm³/mol. The zero-order valence-corrected chi connectivity index (χ0v) is 21.5. The molecule has 9 N–H and O–H groups in total. The molecule has 0 saturated heterocycles. The lowest BCUT2D eigenvalue weighted by molar-refractivity contribution is -0.132. The third-order valence-corrected chi connectivity index (χ3v) is 4.98. The molecular weight excluding hydrogens is 518 g/mol. The van der Waals surface area contributed by atoms with E-state index in [1.54, 1.807) is 19.1 Å². The molecule has 0 saturated carbocycles. The summed E-state index contributed by atoms with van der Waals surface area (Å²) in [6.45, 7) is 0.998. The van der Waals surface area contributed by atoms with Gasteiger partial charge < -0.3 is 37.0 Å². The lowest BCUT2D eigenvalue weighted by Gasteiger charge is -2.19. The SMILES string of the molecule is CCC(=O)NC(Cc1ccc(O)cc1)C(=O)NCC(=O)NC(C)C(=O)NCC(=O)NCC(=O)NCC(=O)NO. The van der Waals surface area contributed by atoms with E-state index in [-0.39, 0.29) is 24.5 Å². The van der Waals surface area contributed by atoms with Gasteiger partial charge in [-0.3, -0.25) is 38.8 Å². The fourth-order valence-electron chi connectivity index (χ4n) is 2.86. The Morgan fingerprint density at radius 1 is 0.692 bits per heavy atom. The molecule has 16 heteroatoms. The summed E-state index contributed by atoms with van der Waals surface area (Å²) in [5.41, 5.74) is 1.98. The molecule has 0 fully saturated rings. The van der Waals surface area contributed by atoms with Crippen LogP contribution in [0.15, 0.2) is 24.3 Å². The fraction of sp³-hybridized carbons (Fsp3) is 0.435. The van der Waals surface area contributed by atoms with Gasteiger partial charge in [-0.25, -0.2) is 5.48 Å². The standard InChI is InChI=1S/C23H33N7O9/c1-3-17(32)29-16(8-14-4-6-15(31)7-5-14)23(38)27-11-20(35)28-13(2)22(37)26-10-19(34)24-9-18(33)25-12-21(36)30-39/h4-7,13,16,31,39H,3,8-12H2,1-2H3,(H,24,34)(H,25,33)(H,26,37)(H,27,38)(H,28,35)(H,29,32)(H,30,36). The van der Waals surface area contributed by atoms with Crippen LogP contribution in [0.5, 0.6) is 5.75 Å². The largest absolute Gasteiger partial charge is 0.508 e. The van der Waals surface area contributed by atoms with Crippen LogP contribution in [0.3, 0.4) is 0 Å². The highest BCUT2D eigenvalue weighted by Gasteiger charge is 2.22. The van der Waals surface area contributed by atoms with Gasteiger partial charge in [-0.15, -0.1) is 0 Å². The number of phenols is 1. The fourth-order valence-corrected chi connectivity index (χ4v) is 2.86. The molecule has 0 aromatic heterocycles. The number of hydroxylamine groups is 1. The number of hydrogen-bond donors (Lipinski definition) is 9. The van der Waals surface area contributed by atoms with E-state index in [4.69, 9.17) is 5.21 Å². The highest BCUT2D eigenvalue weighted by molar-refractivity contribution is 5.94. The summed E-state index contributed by atoms with van der Waals surface area (Å²) in [7, 11) is 0. The van der Waals surface area contributed by atoms with Crippen LogP contribution in [0.1, 0.15) is 25.8 Å². The lowest BCUT2D eigenvalue weighted by atomic mass is 10.0. The van der Waals surface area contributed by atoms with Gasteiger partial charge in [0.1, 0.15) is 17.8 Å². The van der Waals surface area contributed by atoms with Crippen LogP contribution in [0.4, 0.5) is 0 Å². The van der Waals surface area contributed by atoms with Gasteiger partial charge in [0.15, 0.2) is 0 Å². The van der Waals surface area contributed by atoms with Crippen molar-refractivity contribution in [2.24, 2.45) is 0 Å². The van der Waals surface area contributed by atoms with Crippen LogP contribution >= 0.6 is 0 Å². The maximum Gasteiger partial charge on any atom is 0.262 e. The van der Waals surface area contributed by atoms with E-state index < -0.39 is 73.7 Å². The maximum atomic E-state index is 12.6. The first-order chi connectivity index (χ1) is 18.4. The second kappa shape index (κ2) is 16.9. The highest BCUT2D eigenvalue weighted by atomic mass is 16.5. The Kier molecular flexibility index (Phi) is 14.0. The molecule has 7 amide bonds. The van der Waals surface area contributed by atoms with Crippen molar-refractivity contribution in [3.8, 4) is 5.75 Å². The van der Waals surface area contributed by atoms with Crippen molar-refractivity contribution in [1.82, 2.24) is 37.4 Å². The number of carbonyl (C=O) groups excluding carboxylic acids is 7. The Bertz CT molecular complexity index is 1050. The number of phenolic OH excluding ortho intramolecular Hbond substituents is 1. The van der Waals surface area contributed by atoms with Crippen LogP contribution in [0.25, 0.3) is 0 Å². The number of aromatic hydroxyl groups is 1. The van der Waals surface area contributed by atoms with Crippen LogP contribution in [0, 0.1) is 0 Å². The van der Waals surface area contributed by atoms with Gasteiger partial charge in [0.25, 0.3) is 5.91 Å². The Morgan fingerprint density at radius 3 is 1.77 bits per heavy atom. The summed E-state index contributed by atoms with van der Waals surface area (Å²) >= 11 is 0. The first kappa shape index (κ1) is 32.3. The number of carbonyl (C=O) groups is 7. The third kappa shape index (κ3) is 13.4. The van der Waals surface area contributed by atoms with Crippen molar-refractivity contribution in [3.05, 3.63) is 29.8 Å². The minimum Gasteiger partial charge on any atom is -0.508 e. The molecule has 2 unspecified atom stereocenters. The summed E-state index contributed by atoms with van der Waals surface area (Å²) in [5, 5.41) is 31.7. The molecule has 214 valence electrons. The number of nitrogens with one attached hydrogen (secondary N) is 7. The second-order valence-electron chi connectivity index (χ2n) is 8.16.